The molecule has 0 saturated heterocycles. The Balaban J connectivity index is 2.18. The van der Waals surface area contributed by atoms with Crippen molar-refractivity contribution in [3.05, 3.63) is 58.4 Å². The van der Waals surface area contributed by atoms with Crippen LogP contribution >= 0.6 is 15.9 Å². The number of nitrogens with zero attached hydrogens (tertiary/aromatic N) is 1. The van der Waals surface area contributed by atoms with Gasteiger partial charge < -0.3 is 5.11 Å². The molecule has 0 radical (unpaired) electrons. The molecule has 0 saturated carbocycles. The van der Waals surface area contributed by atoms with Gasteiger partial charge in [0.15, 0.2) is 5.82 Å². The molecule has 0 spiro atoms. The lowest BCUT2D eigenvalue weighted by atomic mass is 10.1. The highest BCUT2D eigenvalue weighted by molar-refractivity contribution is 9.10. The Bertz CT molecular complexity index is 545. The van der Waals surface area contributed by atoms with Crippen molar-refractivity contribution >= 4 is 21.7 Å². The normalized spacial score (nSPS) is 12.4. The number of nitrogens with two attached hydrogens (primary N) is 1. The van der Waals surface area contributed by atoms with Crippen LogP contribution < -0.4 is 10.3 Å². The SMILES string of the molecule is Nc1ccc(F)c[n+]1CC(O)c1ccc(Br)cc1. The lowest BCUT2D eigenvalue weighted by molar-refractivity contribution is -0.692. The van der Waals surface area contributed by atoms with Crippen molar-refractivity contribution in [1.29, 1.82) is 0 Å². The second-order valence-electron chi connectivity index (χ2n) is 3.99. The molecule has 94 valence electrons. The van der Waals surface area contributed by atoms with Gasteiger partial charge in [-0.15, -0.1) is 0 Å². The Hall–Kier alpha value is -1.46. The number of rotatable bonds is 3. The summed E-state index contributed by atoms with van der Waals surface area (Å²) >= 11 is 3.33. The summed E-state index contributed by atoms with van der Waals surface area (Å²) < 4.78 is 15.5. The van der Waals surface area contributed by atoms with Crippen LogP contribution in [-0.4, -0.2) is 5.11 Å². The molecule has 0 aliphatic rings. The number of nitrogen functional groups attached to an aromatic ring is 1. The maximum atomic E-state index is 13.1. The minimum absolute atomic E-state index is 0.214. The number of aromatic nitrogens is 1. The highest BCUT2D eigenvalue weighted by Gasteiger charge is 2.14. The number of hydrogen-bond donors (Lipinski definition) is 2. The third-order valence-corrected chi connectivity index (χ3v) is 3.18. The summed E-state index contributed by atoms with van der Waals surface area (Å²) in [5, 5.41) is 10.1. The van der Waals surface area contributed by atoms with Gasteiger partial charge in [-0.25, -0.2) is 8.96 Å². The Kier molecular flexibility index (Phi) is 3.93. The zero-order chi connectivity index (χ0) is 13.1. The van der Waals surface area contributed by atoms with Crippen LogP contribution in [0.15, 0.2) is 47.1 Å². The number of aliphatic hydroxyl groups excluding tert-OH is 1. The maximum Gasteiger partial charge on any atom is 0.272 e. The quantitative estimate of drug-likeness (QED) is 0.854. The standard InChI is InChI=1S/C13H12BrFN2O/c14-10-3-1-9(2-4-10)12(18)8-17-7-11(15)5-6-13(17)16/h1-7,12,16,18H,8H2/p+1. The van der Waals surface area contributed by atoms with Crippen LogP contribution in [0, 0.1) is 5.82 Å². The third kappa shape index (κ3) is 3.05. The molecule has 2 aromatic rings. The van der Waals surface area contributed by atoms with E-state index in [2.05, 4.69) is 15.9 Å². The summed E-state index contributed by atoms with van der Waals surface area (Å²) in [6, 6.07) is 10.1. The van der Waals surface area contributed by atoms with E-state index in [-0.39, 0.29) is 12.4 Å². The van der Waals surface area contributed by atoms with Crippen molar-refractivity contribution < 1.29 is 14.1 Å². The Morgan fingerprint density at radius 1 is 1.22 bits per heavy atom. The summed E-state index contributed by atoms with van der Waals surface area (Å²) in [4.78, 5) is 0. The highest BCUT2D eigenvalue weighted by Crippen LogP contribution is 2.17. The molecule has 18 heavy (non-hydrogen) atoms. The second kappa shape index (κ2) is 5.46. The Morgan fingerprint density at radius 2 is 1.89 bits per heavy atom. The molecule has 3 nitrogen and oxygen atoms in total. The van der Waals surface area contributed by atoms with Gasteiger partial charge in [0.25, 0.3) is 5.82 Å². The molecule has 5 heteroatoms. The van der Waals surface area contributed by atoms with E-state index in [1.807, 2.05) is 24.3 Å². The van der Waals surface area contributed by atoms with E-state index in [9.17, 15) is 9.50 Å². The van der Waals surface area contributed by atoms with Crippen molar-refractivity contribution in [2.24, 2.45) is 0 Å². The van der Waals surface area contributed by atoms with Gasteiger partial charge in [0.1, 0.15) is 18.8 Å². The average Bonchev–Trinajstić information content (AvgIpc) is 2.34. The third-order valence-electron chi connectivity index (χ3n) is 2.65. The monoisotopic (exact) mass is 311 g/mol. The molecule has 0 bridgehead atoms. The van der Waals surface area contributed by atoms with Crippen molar-refractivity contribution in [2.45, 2.75) is 12.6 Å². The van der Waals surface area contributed by atoms with Crippen molar-refractivity contribution in [3.8, 4) is 0 Å². The lowest BCUT2D eigenvalue weighted by Gasteiger charge is -2.11. The molecule has 1 atom stereocenters. The van der Waals surface area contributed by atoms with E-state index >= 15 is 0 Å². The van der Waals surface area contributed by atoms with E-state index in [0.717, 1.165) is 10.0 Å². The lowest BCUT2D eigenvalue weighted by Crippen LogP contribution is -2.40. The van der Waals surface area contributed by atoms with Crippen LogP contribution in [-0.2, 0) is 6.54 Å². The predicted octanol–water partition coefficient (Wildman–Crippen LogP) is 2.19. The largest absolute Gasteiger partial charge is 0.384 e. The minimum atomic E-state index is -0.729. The molecular weight excluding hydrogens is 299 g/mol. The first-order valence-electron chi connectivity index (χ1n) is 5.44. The molecule has 2 rings (SSSR count). The Morgan fingerprint density at radius 3 is 2.56 bits per heavy atom. The zero-order valence-corrected chi connectivity index (χ0v) is 11.1. The van der Waals surface area contributed by atoms with Crippen LogP contribution in [0.3, 0.4) is 0 Å². The van der Waals surface area contributed by atoms with Gasteiger partial charge in [-0.1, -0.05) is 28.1 Å². The molecule has 1 heterocycles. The summed E-state index contributed by atoms with van der Waals surface area (Å²) in [6.45, 7) is 0.214. The number of benzene rings is 1. The number of aliphatic hydroxyl groups is 1. The summed E-state index contributed by atoms with van der Waals surface area (Å²) in [5.41, 5.74) is 6.48. The van der Waals surface area contributed by atoms with Crippen LogP contribution in [0.4, 0.5) is 10.2 Å². The fourth-order valence-corrected chi connectivity index (χ4v) is 1.93. The molecule has 0 fully saturated rings. The molecule has 1 unspecified atom stereocenters. The van der Waals surface area contributed by atoms with Crippen LogP contribution in [0.25, 0.3) is 0 Å². The summed E-state index contributed by atoms with van der Waals surface area (Å²) in [5.74, 6) is 0.0276. The van der Waals surface area contributed by atoms with Crippen LogP contribution in [0.5, 0.6) is 0 Å². The molecule has 0 amide bonds. The van der Waals surface area contributed by atoms with Gasteiger partial charge in [-0.3, -0.25) is 5.73 Å². The van der Waals surface area contributed by atoms with Crippen molar-refractivity contribution in [2.75, 3.05) is 5.73 Å². The number of pyridine rings is 1. The first-order valence-corrected chi connectivity index (χ1v) is 6.23. The first-order chi connectivity index (χ1) is 8.56. The zero-order valence-electron chi connectivity index (χ0n) is 9.55. The number of halogens is 2. The summed E-state index contributed by atoms with van der Waals surface area (Å²) in [7, 11) is 0. The summed E-state index contributed by atoms with van der Waals surface area (Å²) in [6.07, 6.45) is 0.546. The molecule has 0 aliphatic heterocycles. The first kappa shape index (κ1) is 13.0. The topological polar surface area (TPSA) is 50.1 Å². The maximum absolute atomic E-state index is 13.1. The van der Waals surface area contributed by atoms with Gasteiger partial charge in [-0.05, 0) is 23.8 Å². The van der Waals surface area contributed by atoms with Crippen LogP contribution in [0.1, 0.15) is 11.7 Å². The molecule has 1 aromatic heterocycles. The van der Waals surface area contributed by atoms with Gasteiger partial charge in [0.2, 0.25) is 0 Å². The number of hydrogen-bond acceptors (Lipinski definition) is 2. The van der Waals surface area contributed by atoms with Crippen LogP contribution in [0.2, 0.25) is 0 Å². The molecule has 0 aliphatic carbocycles. The highest BCUT2D eigenvalue weighted by atomic mass is 79.9. The second-order valence-corrected chi connectivity index (χ2v) is 4.91. The van der Waals surface area contributed by atoms with Crippen molar-refractivity contribution in [3.63, 3.8) is 0 Å². The Labute approximate surface area is 113 Å². The average molecular weight is 312 g/mol. The van der Waals surface area contributed by atoms with Crippen molar-refractivity contribution in [1.82, 2.24) is 0 Å². The van der Waals surface area contributed by atoms with Gasteiger partial charge >= 0.3 is 0 Å². The smallest absolute Gasteiger partial charge is 0.272 e. The van der Waals surface area contributed by atoms with Gasteiger partial charge in [0.05, 0.1) is 0 Å². The fraction of sp³-hybridized carbons (Fsp3) is 0.154. The predicted molar refractivity (Wildman–Crippen MR) is 70.1 cm³/mol. The van der Waals surface area contributed by atoms with Gasteiger partial charge in [-0.2, -0.15) is 0 Å². The van der Waals surface area contributed by atoms with E-state index < -0.39 is 6.10 Å². The molecule has 1 aromatic carbocycles. The van der Waals surface area contributed by atoms with E-state index in [0.29, 0.717) is 5.82 Å². The number of anilines is 1. The van der Waals surface area contributed by atoms with E-state index in [1.165, 1.54) is 22.9 Å². The fourth-order valence-electron chi connectivity index (χ4n) is 1.66. The minimum Gasteiger partial charge on any atom is -0.384 e. The van der Waals surface area contributed by atoms with E-state index in [4.69, 9.17) is 5.73 Å². The van der Waals surface area contributed by atoms with Gasteiger partial charge in [0, 0.05) is 10.5 Å². The molecule has 3 N–H and O–H groups in total. The molecular formula is C13H13BrFN2O+. The van der Waals surface area contributed by atoms with E-state index in [1.54, 1.807) is 0 Å².